The van der Waals surface area contributed by atoms with Crippen LogP contribution in [0, 0.1) is 0 Å². The summed E-state index contributed by atoms with van der Waals surface area (Å²) >= 11 is 7.18. The van der Waals surface area contributed by atoms with Crippen LogP contribution in [-0.4, -0.2) is 29.9 Å². The number of rotatable bonds is 7. The number of carbonyl (C=O) groups excluding carboxylic acids is 2. The summed E-state index contributed by atoms with van der Waals surface area (Å²) in [5.41, 5.74) is 1.65. The Balaban J connectivity index is 1.44. The molecule has 0 saturated heterocycles. The summed E-state index contributed by atoms with van der Waals surface area (Å²) in [7, 11) is 0. The van der Waals surface area contributed by atoms with Crippen LogP contribution >= 0.6 is 22.9 Å². The van der Waals surface area contributed by atoms with Gasteiger partial charge < -0.3 is 15.4 Å². The van der Waals surface area contributed by atoms with Gasteiger partial charge in [-0.3, -0.25) is 9.59 Å². The molecule has 0 atom stereocenters. The fraction of sp³-hybridized carbons (Fsp3) is 0.105. The van der Waals surface area contributed by atoms with E-state index in [-0.39, 0.29) is 25.0 Å². The fourth-order valence-electron chi connectivity index (χ4n) is 2.14. The zero-order chi connectivity index (χ0) is 19.1. The van der Waals surface area contributed by atoms with Gasteiger partial charge >= 0.3 is 0 Å². The smallest absolute Gasteiger partial charge is 0.258 e. The van der Waals surface area contributed by atoms with Crippen LogP contribution in [-0.2, 0) is 9.59 Å². The van der Waals surface area contributed by atoms with Crippen LogP contribution in [0.2, 0.25) is 5.02 Å². The van der Waals surface area contributed by atoms with Crippen molar-refractivity contribution in [2.24, 2.45) is 0 Å². The average molecular weight is 402 g/mol. The second kappa shape index (κ2) is 9.16. The Bertz CT molecular complexity index is 913. The molecule has 0 aliphatic rings. The number of thiazole rings is 1. The van der Waals surface area contributed by atoms with E-state index in [9.17, 15) is 9.59 Å². The SMILES string of the molecule is O=C(COc1ccccc1)NCC(=O)Nc1nc(-c2ccc(Cl)cc2)cs1. The number of nitrogens with one attached hydrogen (secondary N) is 2. The zero-order valence-corrected chi connectivity index (χ0v) is 15.7. The molecule has 2 amide bonds. The number of halogens is 1. The molecule has 0 bridgehead atoms. The number of benzene rings is 2. The quantitative estimate of drug-likeness (QED) is 0.634. The minimum Gasteiger partial charge on any atom is -0.484 e. The molecule has 1 heterocycles. The number of carbonyl (C=O) groups is 2. The predicted octanol–water partition coefficient (Wildman–Crippen LogP) is 3.60. The molecule has 0 spiro atoms. The molecule has 8 heteroatoms. The molecule has 1 aromatic heterocycles. The highest BCUT2D eigenvalue weighted by molar-refractivity contribution is 7.14. The van der Waals surface area contributed by atoms with Gasteiger partial charge in [-0.1, -0.05) is 41.9 Å². The zero-order valence-electron chi connectivity index (χ0n) is 14.1. The highest BCUT2D eigenvalue weighted by Crippen LogP contribution is 2.25. The summed E-state index contributed by atoms with van der Waals surface area (Å²) in [6.07, 6.45) is 0. The van der Waals surface area contributed by atoms with E-state index < -0.39 is 0 Å². The number of hydrogen-bond acceptors (Lipinski definition) is 5. The van der Waals surface area contributed by atoms with Crippen molar-refractivity contribution in [1.29, 1.82) is 0 Å². The molecule has 0 saturated carbocycles. The van der Waals surface area contributed by atoms with E-state index in [0.717, 1.165) is 11.3 Å². The summed E-state index contributed by atoms with van der Waals surface area (Å²) in [6.45, 7) is -0.317. The second-order valence-corrected chi connectivity index (χ2v) is 6.77. The van der Waals surface area contributed by atoms with Gasteiger partial charge in [0.2, 0.25) is 5.91 Å². The number of hydrogen-bond donors (Lipinski definition) is 2. The van der Waals surface area contributed by atoms with Gasteiger partial charge in [0, 0.05) is 16.0 Å². The first kappa shape index (κ1) is 18.9. The Hall–Kier alpha value is -2.90. The van der Waals surface area contributed by atoms with Crippen LogP contribution in [0.3, 0.4) is 0 Å². The van der Waals surface area contributed by atoms with Crippen LogP contribution in [0.15, 0.2) is 60.0 Å². The van der Waals surface area contributed by atoms with E-state index in [0.29, 0.717) is 15.9 Å². The molecule has 27 heavy (non-hydrogen) atoms. The van der Waals surface area contributed by atoms with E-state index in [1.165, 1.54) is 11.3 Å². The highest BCUT2D eigenvalue weighted by atomic mass is 35.5. The van der Waals surface area contributed by atoms with Gasteiger partial charge in [0.25, 0.3) is 5.91 Å². The fourth-order valence-corrected chi connectivity index (χ4v) is 3.01. The van der Waals surface area contributed by atoms with E-state index in [4.69, 9.17) is 16.3 Å². The van der Waals surface area contributed by atoms with Gasteiger partial charge in [-0.15, -0.1) is 11.3 Å². The Morgan fingerprint density at radius 1 is 1.04 bits per heavy atom. The van der Waals surface area contributed by atoms with Crippen molar-refractivity contribution in [2.75, 3.05) is 18.5 Å². The molecule has 6 nitrogen and oxygen atoms in total. The molecule has 0 unspecified atom stereocenters. The van der Waals surface area contributed by atoms with Crippen molar-refractivity contribution in [3.05, 3.63) is 65.0 Å². The molecule has 3 aromatic rings. The summed E-state index contributed by atoms with van der Waals surface area (Å²) in [4.78, 5) is 28.1. The largest absolute Gasteiger partial charge is 0.484 e. The predicted molar refractivity (Wildman–Crippen MR) is 106 cm³/mol. The molecule has 2 N–H and O–H groups in total. The maximum absolute atomic E-state index is 12.0. The third kappa shape index (κ3) is 5.80. The number of anilines is 1. The summed E-state index contributed by atoms with van der Waals surface area (Å²) in [5.74, 6) is -0.148. The standard InChI is InChI=1S/C19H16ClN3O3S/c20-14-8-6-13(7-9-14)16-12-27-19(22-16)23-17(24)10-21-18(25)11-26-15-4-2-1-3-5-15/h1-9,12H,10-11H2,(H,21,25)(H,22,23,24). The van der Waals surface area contributed by atoms with Crippen molar-refractivity contribution >= 4 is 39.9 Å². The van der Waals surface area contributed by atoms with Crippen molar-refractivity contribution in [1.82, 2.24) is 10.3 Å². The van der Waals surface area contributed by atoms with Crippen LogP contribution in [0.1, 0.15) is 0 Å². The Kier molecular flexibility index (Phi) is 6.40. The Morgan fingerprint density at radius 2 is 1.78 bits per heavy atom. The molecule has 2 aromatic carbocycles. The monoisotopic (exact) mass is 401 g/mol. The van der Waals surface area contributed by atoms with Gasteiger partial charge in [-0.05, 0) is 24.3 Å². The number of ether oxygens (including phenoxy) is 1. The van der Waals surface area contributed by atoms with Crippen LogP contribution in [0.5, 0.6) is 5.75 Å². The third-order valence-electron chi connectivity index (χ3n) is 3.45. The molecule has 0 radical (unpaired) electrons. The number of para-hydroxylation sites is 1. The van der Waals surface area contributed by atoms with Crippen molar-refractivity contribution in [3.8, 4) is 17.0 Å². The Labute approximate surface area is 165 Å². The topological polar surface area (TPSA) is 80.3 Å². The van der Waals surface area contributed by atoms with Crippen molar-refractivity contribution in [2.45, 2.75) is 0 Å². The van der Waals surface area contributed by atoms with E-state index in [1.54, 1.807) is 24.3 Å². The first-order valence-corrected chi connectivity index (χ1v) is 9.32. The lowest BCUT2D eigenvalue weighted by molar-refractivity contribution is -0.125. The molecule has 138 valence electrons. The number of aromatic nitrogens is 1. The lowest BCUT2D eigenvalue weighted by Crippen LogP contribution is -2.35. The maximum atomic E-state index is 12.0. The normalized spacial score (nSPS) is 10.3. The van der Waals surface area contributed by atoms with Crippen LogP contribution in [0.25, 0.3) is 11.3 Å². The number of amides is 2. The maximum Gasteiger partial charge on any atom is 0.258 e. The molecule has 0 aliphatic carbocycles. The molecule has 3 rings (SSSR count). The van der Waals surface area contributed by atoms with E-state index in [1.807, 2.05) is 35.7 Å². The van der Waals surface area contributed by atoms with Gasteiger partial charge in [0.1, 0.15) is 5.75 Å². The molecular weight excluding hydrogens is 386 g/mol. The Morgan fingerprint density at radius 3 is 2.52 bits per heavy atom. The average Bonchev–Trinajstić information content (AvgIpc) is 3.14. The minimum absolute atomic E-state index is 0.157. The third-order valence-corrected chi connectivity index (χ3v) is 4.46. The summed E-state index contributed by atoms with van der Waals surface area (Å²) in [5, 5.41) is 8.11. The first-order chi connectivity index (χ1) is 13.1. The van der Waals surface area contributed by atoms with Crippen molar-refractivity contribution in [3.63, 3.8) is 0 Å². The summed E-state index contributed by atoms with van der Waals surface area (Å²) in [6, 6.07) is 16.3. The molecule has 0 aliphatic heterocycles. The minimum atomic E-state index is -0.380. The van der Waals surface area contributed by atoms with Gasteiger partial charge in [-0.25, -0.2) is 4.98 Å². The van der Waals surface area contributed by atoms with Gasteiger partial charge in [0.15, 0.2) is 11.7 Å². The van der Waals surface area contributed by atoms with Crippen molar-refractivity contribution < 1.29 is 14.3 Å². The van der Waals surface area contributed by atoms with Crippen LogP contribution < -0.4 is 15.4 Å². The molecule has 0 fully saturated rings. The van der Waals surface area contributed by atoms with Crippen LogP contribution in [0.4, 0.5) is 5.13 Å². The number of nitrogens with zero attached hydrogens (tertiary/aromatic N) is 1. The van der Waals surface area contributed by atoms with Gasteiger partial charge in [0.05, 0.1) is 12.2 Å². The highest BCUT2D eigenvalue weighted by Gasteiger charge is 2.10. The molecular formula is C19H16ClN3O3S. The van der Waals surface area contributed by atoms with E-state index >= 15 is 0 Å². The van der Waals surface area contributed by atoms with E-state index in [2.05, 4.69) is 15.6 Å². The lowest BCUT2D eigenvalue weighted by Gasteiger charge is -2.07. The lowest BCUT2D eigenvalue weighted by atomic mass is 10.2. The second-order valence-electron chi connectivity index (χ2n) is 5.47. The first-order valence-electron chi connectivity index (χ1n) is 8.06. The van der Waals surface area contributed by atoms with Gasteiger partial charge in [-0.2, -0.15) is 0 Å². The summed E-state index contributed by atoms with van der Waals surface area (Å²) < 4.78 is 5.32.